The highest BCUT2D eigenvalue weighted by Gasteiger charge is 2.40. The van der Waals surface area contributed by atoms with E-state index in [-0.39, 0.29) is 5.75 Å². The molecule has 0 spiro atoms. The van der Waals surface area contributed by atoms with Crippen molar-refractivity contribution < 1.29 is 9.90 Å². The second kappa shape index (κ2) is 7.04. The van der Waals surface area contributed by atoms with Gasteiger partial charge in [-0.3, -0.25) is 9.69 Å². The molecule has 5 heteroatoms. The fourth-order valence-electron chi connectivity index (χ4n) is 4.88. The Kier molecular flexibility index (Phi) is 4.78. The van der Waals surface area contributed by atoms with Crippen LogP contribution in [-0.4, -0.2) is 51.6 Å². The minimum atomic E-state index is -0.705. The van der Waals surface area contributed by atoms with Gasteiger partial charge in [-0.1, -0.05) is 19.1 Å². The highest BCUT2D eigenvalue weighted by atomic mass is 32.2. The van der Waals surface area contributed by atoms with Crippen LogP contribution in [0.3, 0.4) is 0 Å². The average Bonchev–Trinajstić information content (AvgIpc) is 3.00. The molecule has 2 heterocycles. The molecular weight excluding hydrogens is 332 g/mol. The lowest BCUT2D eigenvalue weighted by Crippen LogP contribution is -2.50. The first-order valence-corrected chi connectivity index (χ1v) is 10.4. The number of benzene rings is 1. The van der Waals surface area contributed by atoms with E-state index in [2.05, 4.69) is 41.2 Å². The molecule has 3 atom stereocenters. The number of carbonyl (C=O) groups is 1. The molecular formula is C20H26N2O2S. The molecule has 1 aliphatic carbocycles. The Morgan fingerprint density at radius 1 is 1.44 bits per heavy atom. The molecule has 0 radical (unpaired) electrons. The SMILES string of the molecule is CCCN1CC(CSCC(=O)O)C[C@@H]2c3cccc4[nH]cc(c34)C[C@H]21. The van der Waals surface area contributed by atoms with Gasteiger partial charge in [0.05, 0.1) is 5.75 Å². The van der Waals surface area contributed by atoms with Crippen molar-refractivity contribution in [3.8, 4) is 0 Å². The predicted octanol–water partition coefficient (Wildman–Crippen LogP) is 3.73. The Morgan fingerprint density at radius 3 is 3.12 bits per heavy atom. The fraction of sp³-hybridized carbons (Fsp3) is 0.550. The topological polar surface area (TPSA) is 56.3 Å². The highest BCUT2D eigenvalue weighted by Crippen LogP contribution is 2.45. The lowest BCUT2D eigenvalue weighted by Gasteiger charge is -2.47. The number of aliphatic carboxylic acids is 1. The molecule has 4 nitrogen and oxygen atoms in total. The van der Waals surface area contributed by atoms with Gasteiger partial charge in [-0.15, -0.1) is 11.8 Å². The highest BCUT2D eigenvalue weighted by molar-refractivity contribution is 7.99. The van der Waals surface area contributed by atoms with E-state index < -0.39 is 5.97 Å². The van der Waals surface area contributed by atoms with Crippen LogP contribution in [0.2, 0.25) is 0 Å². The molecule has 0 bridgehead atoms. The van der Waals surface area contributed by atoms with Crippen LogP contribution in [0.15, 0.2) is 24.4 Å². The summed E-state index contributed by atoms with van der Waals surface area (Å²) in [5.41, 5.74) is 4.22. The van der Waals surface area contributed by atoms with Crippen LogP contribution >= 0.6 is 11.8 Å². The standard InChI is InChI=1S/C20H26N2O2S/c1-2-6-22-10-13(11-25-12-19(23)24)7-16-15-4-3-5-17-20(15)14(9-21-17)8-18(16)22/h3-5,9,13,16,18,21H,2,6-8,10-12H2,1H3,(H,23,24)/t13?,16-,18-/m1/s1. The summed E-state index contributed by atoms with van der Waals surface area (Å²) in [6, 6.07) is 7.26. The summed E-state index contributed by atoms with van der Waals surface area (Å²) in [5, 5.41) is 10.4. The van der Waals surface area contributed by atoms with Crippen molar-refractivity contribution in [3.63, 3.8) is 0 Å². The molecule has 1 aliphatic heterocycles. The van der Waals surface area contributed by atoms with E-state index in [1.165, 1.54) is 34.9 Å². The minimum Gasteiger partial charge on any atom is -0.481 e. The summed E-state index contributed by atoms with van der Waals surface area (Å²) in [7, 11) is 0. The number of carboxylic acids is 1. The van der Waals surface area contributed by atoms with E-state index in [0.29, 0.717) is 17.9 Å². The van der Waals surface area contributed by atoms with Gasteiger partial charge < -0.3 is 10.1 Å². The summed E-state index contributed by atoms with van der Waals surface area (Å²) in [6.45, 7) is 4.50. The number of H-pyrrole nitrogens is 1. The van der Waals surface area contributed by atoms with Crippen molar-refractivity contribution in [2.45, 2.75) is 38.1 Å². The van der Waals surface area contributed by atoms with Crippen molar-refractivity contribution in [2.24, 2.45) is 5.92 Å². The van der Waals surface area contributed by atoms with E-state index in [9.17, 15) is 4.79 Å². The zero-order valence-electron chi connectivity index (χ0n) is 14.7. The molecule has 0 amide bonds. The summed E-state index contributed by atoms with van der Waals surface area (Å²) in [4.78, 5) is 17.0. The smallest absolute Gasteiger partial charge is 0.313 e. The average molecular weight is 359 g/mol. The summed E-state index contributed by atoms with van der Waals surface area (Å²) in [5.74, 6) is 1.61. The predicted molar refractivity (Wildman–Crippen MR) is 103 cm³/mol. The molecule has 2 N–H and O–H groups in total. The molecule has 0 saturated carbocycles. The molecule has 1 fully saturated rings. The largest absolute Gasteiger partial charge is 0.481 e. The van der Waals surface area contributed by atoms with Crippen molar-refractivity contribution in [3.05, 3.63) is 35.5 Å². The first-order chi connectivity index (χ1) is 12.2. The Hall–Kier alpha value is -1.46. The van der Waals surface area contributed by atoms with Crippen molar-refractivity contribution in [2.75, 3.05) is 24.6 Å². The molecule has 134 valence electrons. The van der Waals surface area contributed by atoms with Crippen molar-refractivity contribution in [1.82, 2.24) is 9.88 Å². The quantitative estimate of drug-likeness (QED) is 0.826. The first-order valence-electron chi connectivity index (χ1n) is 9.29. The van der Waals surface area contributed by atoms with E-state index in [0.717, 1.165) is 25.3 Å². The zero-order chi connectivity index (χ0) is 17.4. The molecule has 4 rings (SSSR count). The maximum atomic E-state index is 10.8. The van der Waals surface area contributed by atoms with Gasteiger partial charge in [0.1, 0.15) is 0 Å². The molecule has 1 unspecified atom stereocenters. The van der Waals surface area contributed by atoms with Gasteiger partial charge in [-0.2, -0.15) is 0 Å². The van der Waals surface area contributed by atoms with Gasteiger partial charge in [-0.25, -0.2) is 0 Å². The number of piperidine rings is 1. The number of aromatic amines is 1. The maximum Gasteiger partial charge on any atom is 0.313 e. The third-order valence-electron chi connectivity index (χ3n) is 5.75. The van der Waals surface area contributed by atoms with Crippen LogP contribution < -0.4 is 0 Å². The molecule has 1 saturated heterocycles. The first kappa shape index (κ1) is 17.0. The van der Waals surface area contributed by atoms with Gasteiger partial charge in [-0.05, 0) is 54.7 Å². The number of fused-ring (bicyclic) bond motifs is 2. The number of carboxylic acid groups (broad SMARTS) is 1. The number of aromatic nitrogens is 1. The number of likely N-dealkylation sites (tertiary alicyclic amines) is 1. The fourth-order valence-corrected chi connectivity index (χ4v) is 5.74. The van der Waals surface area contributed by atoms with Crippen LogP contribution in [0.4, 0.5) is 0 Å². The van der Waals surface area contributed by atoms with Gasteiger partial charge in [0.2, 0.25) is 0 Å². The lowest BCUT2D eigenvalue weighted by molar-refractivity contribution is -0.133. The number of hydrogen-bond acceptors (Lipinski definition) is 3. The van der Waals surface area contributed by atoms with Gasteiger partial charge in [0.25, 0.3) is 0 Å². The van der Waals surface area contributed by atoms with Crippen molar-refractivity contribution in [1.29, 1.82) is 0 Å². The monoisotopic (exact) mass is 358 g/mol. The van der Waals surface area contributed by atoms with E-state index >= 15 is 0 Å². The Balaban J connectivity index is 1.61. The Morgan fingerprint density at radius 2 is 2.32 bits per heavy atom. The molecule has 2 aliphatic rings. The second-order valence-electron chi connectivity index (χ2n) is 7.47. The van der Waals surface area contributed by atoms with E-state index in [1.54, 1.807) is 11.8 Å². The van der Waals surface area contributed by atoms with Crippen LogP contribution in [-0.2, 0) is 11.2 Å². The molecule has 1 aromatic carbocycles. The van der Waals surface area contributed by atoms with Crippen LogP contribution in [0.5, 0.6) is 0 Å². The van der Waals surface area contributed by atoms with Gasteiger partial charge in [0.15, 0.2) is 0 Å². The van der Waals surface area contributed by atoms with E-state index in [1.807, 2.05) is 0 Å². The van der Waals surface area contributed by atoms with E-state index in [4.69, 9.17) is 5.11 Å². The summed E-state index contributed by atoms with van der Waals surface area (Å²) >= 11 is 1.57. The van der Waals surface area contributed by atoms with Gasteiger partial charge in [0, 0.05) is 35.6 Å². The zero-order valence-corrected chi connectivity index (χ0v) is 15.5. The number of nitrogens with zero attached hydrogens (tertiary/aromatic N) is 1. The second-order valence-corrected chi connectivity index (χ2v) is 8.50. The lowest BCUT2D eigenvalue weighted by atomic mass is 9.72. The summed E-state index contributed by atoms with van der Waals surface area (Å²) < 4.78 is 0. The third kappa shape index (κ3) is 3.20. The van der Waals surface area contributed by atoms with Crippen LogP contribution in [0.1, 0.15) is 36.8 Å². The molecule has 2 aromatic rings. The molecule has 1 aromatic heterocycles. The molecule has 25 heavy (non-hydrogen) atoms. The third-order valence-corrected chi connectivity index (χ3v) is 6.91. The number of nitrogens with one attached hydrogen (secondary N) is 1. The Labute approximate surface area is 153 Å². The van der Waals surface area contributed by atoms with Crippen LogP contribution in [0, 0.1) is 5.92 Å². The normalized spacial score (nSPS) is 25.9. The maximum absolute atomic E-state index is 10.8. The minimum absolute atomic E-state index is 0.218. The van der Waals surface area contributed by atoms with Gasteiger partial charge >= 0.3 is 5.97 Å². The summed E-state index contributed by atoms with van der Waals surface area (Å²) in [6.07, 6.45) is 5.68. The number of rotatable bonds is 6. The number of hydrogen-bond donors (Lipinski definition) is 2. The Bertz CT molecular complexity index is 772. The van der Waals surface area contributed by atoms with Crippen molar-refractivity contribution >= 4 is 28.6 Å². The van der Waals surface area contributed by atoms with Crippen LogP contribution in [0.25, 0.3) is 10.9 Å². The number of thioether (sulfide) groups is 1.